The van der Waals surface area contributed by atoms with E-state index < -0.39 is 29.6 Å². The number of rotatable bonds is 7. The molecule has 3 aromatic heterocycles. The Morgan fingerprint density at radius 3 is 1.74 bits per heavy atom. The molecular formula is C66H61N5O. The maximum atomic E-state index is 9.09. The van der Waals surface area contributed by atoms with Crippen molar-refractivity contribution in [3.63, 3.8) is 0 Å². The summed E-state index contributed by atoms with van der Waals surface area (Å²) in [4.78, 5) is 9.97. The molecule has 0 atom stereocenters. The van der Waals surface area contributed by atoms with Gasteiger partial charge in [0.05, 0.1) is 44.4 Å². The Kier molecular flexibility index (Phi) is 8.57. The number of ether oxygens (including phenoxy) is 1. The topological polar surface area (TPSA) is 38.5 Å². The van der Waals surface area contributed by atoms with E-state index in [1.807, 2.05) is 54.7 Å². The molecule has 0 aliphatic carbocycles. The molecule has 11 aromatic rings. The van der Waals surface area contributed by atoms with Crippen molar-refractivity contribution in [1.82, 2.24) is 14.1 Å². The van der Waals surface area contributed by atoms with Gasteiger partial charge in [-0.3, -0.25) is 4.57 Å². The minimum Gasteiger partial charge on any atom is -0.457 e. The van der Waals surface area contributed by atoms with E-state index in [4.69, 9.17) is 20.7 Å². The molecule has 1 aliphatic heterocycles. The van der Waals surface area contributed by atoms with Crippen molar-refractivity contribution in [3.05, 3.63) is 211 Å². The van der Waals surface area contributed by atoms with Gasteiger partial charge in [-0.25, -0.2) is 4.98 Å². The molecule has 0 fully saturated rings. The lowest BCUT2D eigenvalue weighted by molar-refractivity contribution is 0.483. The standard InChI is InChI=1S/C66H61N5O/c1-64(2,3)44-35-45(65(4,5)6)37-48(36-44)69-42-68(60-30-16-17-31-61(60)69)46-21-19-23-49(38-46)72-50-32-33-54-53-26-12-15-29-59(53)71(62(54)39-50)63-40-56(66(7,8)9)55(41-67-63)43-20-18-22-47(34-43)70-57-27-13-10-24-51(57)52-25-11-14-28-58(52)70/h10-41H,42H2,1-9H3/i10D,11D,13D,14D,24D,25D,27D,28D. The Morgan fingerprint density at radius 1 is 0.458 bits per heavy atom. The highest BCUT2D eigenvalue weighted by molar-refractivity contribution is 6.10. The van der Waals surface area contributed by atoms with Crippen LogP contribution in [0.15, 0.2) is 194 Å². The number of hydrogen-bond donors (Lipinski definition) is 0. The van der Waals surface area contributed by atoms with Crippen LogP contribution in [-0.4, -0.2) is 20.8 Å². The molecule has 0 amide bonds. The first-order valence-electron chi connectivity index (χ1n) is 28.6. The first-order chi connectivity index (χ1) is 37.9. The van der Waals surface area contributed by atoms with E-state index in [9.17, 15) is 0 Å². The Balaban J connectivity index is 0.928. The third-order valence-corrected chi connectivity index (χ3v) is 14.1. The summed E-state index contributed by atoms with van der Waals surface area (Å²) in [7, 11) is 0. The van der Waals surface area contributed by atoms with Crippen LogP contribution in [0.1, 0.15) is 90.0 Å². The molecule has 0 unspecified atom stereocenters. The fraction of sp³-hybridized carbons (Fsp3) is 0.197. The normalized spacial score (nSPS) is 14.8. The number of para-hydroxylation sites is 5. The second kappa shape index (κ2) is 16.8. The quantitative estimate of drug-likeness (QED) is 0.160. The molecule has 0 spiro atoms. The van der Waals surface area contributed by atoms with Crippen LogP contribution in [0.3, 0.4) is 0 Å². The molecule has 12 rings (SSSR count). The van der Waals surface area contributed by atoms with Crippen LogP contribution in [0.5, 0.6) is 11.5 Å². The summed E-state index contributed by atoms with van der Waals surface area (Å²) in [6, 6.07) is 44.7. The van der Waals surface area contributed by atoms with Crippen LogP contribution in [0.25, 0.3) is 66.2 Å². The SMILES string of the molecule is [2H]c1c([2H])c([2H])c2c(c1[2H])c1c([2H])c([2H])c([2H])c([2H])c1n2-c1cccc(-c2cnc(-n3c4ccccc4c4ccc(Oc5cccc(N6CN(c7cc(C(C)(C)C)cc(C(C)(C)C)c7)c7ccccc76)c5)cc43)cc2C(C)(C)C)c1. The van der Waals surface area contributed by atoms with E-state index in [1.165, 1.54) is 16.8 Å². The molecule has 0 saturated carbocycles. The average molecular weight is 948 g/mol. The van der Waals surface area contributed by atoms with Gasteiger partial charge in [-0.15, -0.1) is 0 Å². The summed E-state index contributed by atoms with van der Waals surface area (Å²) >= 11 is 0. The van der Waals surface area contributed by atoms with Crippen LogP contribution in [0, 0.1) is 0 Å². The Bertz CT molecular complexity index is 4280. The summed E-state index contributed by atoms with van der Waals surface area (Å²) < 4.78 is 80.9. The lowest BCUT2D eigenvalue weighted by Gasteiger charge is -2.29. The summed E-state index contributed by atoms with van der Waals surface area (Å²) in [5, 5.41) is 2.17. The molecule has 6 heteroatoms. The van der Waals surface area contributed by atoms with Crippen LogP contribution in [-0.2, 0) is 16.2 Å². The van der Waals surface area contributed by atoms with Crippen molar-refractivity contribution in [2.24, 2.45) is 0 Å². The van der Waals surface area contributed by atoms with Crippen LogP contribution in [0.4, 0.5) is 22.7 Å². The van der Waals surface area contributed by atoms with Crippen LogP contribution < -0.4 is 14.5 Å². The Morgan fingerprint density at radius 2 is 1.06 bits per heavy atom. The molecule has 0 saturated heterocycles. The molecule has 8 aromatic carbocycles. The molecule has 1 aliphatic rings. The maximum absolute atomic E-state index is 9.09. The number of fused-ring (bicyclic) bond motifs is 7. The molecule has 4 heterocycles. The van der Waals surface area contributed by atoms with Crippen molar-refractivity contribution in [3.8, 4) is 34.1 Å². The predicted molar refractivity (Wildman–Crippen MR) is 303 cm³/mol. The fourth-order valence-electron chi connectivity index (χ4n) is 10.3. The molecule has 72 heavy (non-hydrogen) atoms. The smallest absolute Gasteiger partial charge is 0.137 e. The monoisotopic (exact) mass is 948 g/mol. The second-order valence-electron chi connectivity index (χ2n) is 22.1. The summed E-state index contributed by atoms with van der Waals surface area (Å²) in [5.74, 6) is 2.07. The number of nitrogens with zero attached hydrogens (tertiary/aromatic N) is 5. The third kappa shape index (κ3) is 7.77. The Hall–Kier alpha value is -8.09. The van der Waals surface area contributed by atoms with Gasteiger partial charge in [0.25, 0.3) is 0 Å². The molecular weight excluding hydrogens is 879 g/mol. The van der Waals surface area contributed by atoms with Crippen molar-refractivity contribution in [2.45, 2.75) is 78.6 Å². The molecule has 356 valence electrons. The average Bonchev–Trinajstić information content (AvgIpc) is 2.75. The molecule has 0 bridgehead atoms. The molecule has 0 radical (unpaired) electrons. The van der Waals surface area contributed by atoms with Gasteiger partial charge in [0.2, 0.25) is 0 Å². The highest BCUT2D eigenvalue weighted by Crippen LogP contribution is 2.47. The summed E-state index contributed by atoms with van der Waals surface area (Å²) in [5.41, 5.74) is 11.7. The minimum atomic E-state index is -0.481. The van der Waals surface area contributed by atoms with E-state index in [-0.39, 0.29) is 56.8 Å². The largest absolute Gasteiger partial charge is 0.457 e. The van der Waals surface area contributed by atoms with Gasteiger partial charge in [0.1, 0.15) is 24.0 Å². The van der Waals surface area contributed by atoms with E-state index in [2.05, 4.69) is 162 Å². The van der Waals surface area contributed by atoms with Gasteiger partial charge < -0.3 is 19.1 Å². The molecule has 0 N–H and O–H groups in total. The van der Waals surface area contributed by atoms with Gasteiger partial charge >= 0.3 is 0 Å². The van der Waals surface area contributed by atoms with Gasteiger partial charge in [-0.2, -0.15) is 0 Å². The van der Waals surface area contributed by atoms with Crippen LogP contribution in [0.2, 0.25) is 0 Å². The van der Waals surface area contributed by atoms with E-state index in [0.29, 0.717) is 29.7 Å². The van der Waals surface area contributed by atoms with Crippen molar-refractivity contribution in [2.75, 3.05) is 16.5 Å². The maximum Gasteiger partial charge on any atom is 0.137 e. The zero-order valence-corrected chi connectivity index (χ0v) is 42.2. The second-order valence-corrected chi connectivity index (χ2v) is 22.1. The lowest BCUT2D eigenvalue weighted by Crippen LogP contribution is -2.25. The van der Waals surface area contributed by atoms with E-state index in [0.717, 1.165) is 55.6 Å². The predicted octanol–water partition coefficient (Wildman–Crippen LogP) is 17.9. The lowest BCUT2D eigenvalue weighted by atomic mass is 9.80. The fourth-order valence-corrected chi connectivity index (χ4v) is 10.3. The Labute approximate surface area is 434 Å². The number of aromatic nitrogens is 3. The summed E-state index contributed by atoms with van der Waals surface area (Å²) in [6.45, 7) is 20.7. The minimum absolute atomic E-state index is 0.0250. The van der Waals surface area contributed by atoms with E-state index >= 15 is 0 Å². The summed E-state index contributed by atoms with van der Waals surface area (Å²) in [6.07, 6.45) is 1.87. The third-order valence-electron chi connectivity index (χ3n) is 14.1. The van der Waals surface area contributed by atoms with Crippen LogP contribution >= 0.6 is 0 Å². The van der Waals surface area contributed by atoms with Gasteiger partial charge in [-0.05, 0) is 123 Å². The van der Waals surface area contributed by atoms with Crippen molar-refractivity contribution >= 4 is 66.4 Å². The first-order valence-corrected chi connectivity index (χ1v) is 24.6. The van der Waals surface area contributed by atoms with Gasteiger partial charge in [-0.1, -0.05) is 153 Å². The number of benzene rings is 8. The number of hydrogen-bond acceptors (Lipinski definition) is 4. The number of anilines is 4. The zero-order valence-electron chi connectivity index (χ0n) is 50.2. The first kappa shape index (κ1) is 36.8. The van der Waals surface area contributed by atoms with Crippen molar-refractivity contribution in [1.29, 1.82) is 0 Å². The van der Waals surface area contributed by atoms with E-state index in [1.54, 1.807) is 10.6 Å². The highest BCUT2D eigenvalue weighted by Gasteiger charge is 2.31. The van der Waals surface area contributed by atoms with Crippen molar-refractivity contribution < 1.29 is 15.7 Å². The van der Waals surface area contributed by atoms with Gasteiger partial charge in [0.15, 0.2) is 0 Å². The molecule has 6 nitrogen and oxygen atoms in total. The zero-order chi connectivity index (χ0) is 56.6. The van der Waals surface area contributed by atoms with Gasteiger partial charge in [0, 0.05) is 62.5 Å². The highest BCUT2D eigenvalue weighted by atomic mass is 16.5. The number of pyridine rings is 1.